The molecular weight excluding hydrogens is 528 g/mol. The SMILES string of the molecule is COc1ncc(-c2cnc(C(C(=O)CC(C)C)C3CCC(Cc4ncc(C#N)c(C5=NCC=C5C)n4)CC3)cn2)cn1. The van der Waals surface area contributed by atoms with Crippen molar-refractivity contribution in [1.29, 1.82) is 5.26 Å². The molecule has 1 fully saturated rings. The van der Waals surface area contributed by atoms with Gasteiger partial charge in [-0.05, 0) is 55.9 Å². The molecule has 4 heterocycles. The zero-order valence-corrected chi connectivity index (χ0v) is 24.6. The Hall–Kier alpha value is -4.39. The Labute approximate surface area is 246 Å². The third-order valence-corrected chi connectivity index (χ3v) is 8.09. The van der Waals surface area contributed by atoms with Gasteiger partial charge < -0.3 is 4.74 Å². The zero-order chi connectivity index (χ0) is 29.6. The minimum absolute atomic E-state index is 0.204. The standard InChI is InChI=1S/C32H36N8O2/c1-19(2)11-27(41)29(26-18-35-25(17-36-26)24-15-38-32(42-4)39-16-24)22-7-5-21(6-8-22)12-28-37-14-23(13-33)31(40-28)30-20(3)9-10-34-30/h9,14-19,21-22,29H,5-8,10-12H2,1-4H3. The van der Waals surface area contributed by atoms with E-state index in [1.807, 2.05) is 13.0 Å². The smallest absolute Gasteiger partial charge is 0.316 e. The Morgan fingerprint density at radius 3 is 2.38 bits per heavy atom. The number of methoxy groups -OCH3 is 1. The van der Waals surface area contributed by atoms with Crippen molar-refractivity contribution in [2.75, 3.05) is 13.7 Å². The molecule has 1 saturated carbocycles. The second-order valence-electron chi connectivity index (χ2n) is 11.5. The first-order chi connectivity index (χ1) is 20.4. The van der Waals surface area contributed by atoms with Crippen molar-refractivity contribution in [2.24, 2.45) is 22.7 Å². The van der Waals surface area contributed by atoms with Crippen molar-refractivity contribution in [1.82, 2.24) is 29.9 Å². The number of ether oxygens (including phenoxy) is 1. The van der Waals surface area contributed by atoms with Gasteiger partial charge >= 0.3 is 6.01 Å². The van der Waals surface area contributed by atoms with E-state index in [9.17, 15) is 10.1 Å². The molecule has 3 aromatic heterocycles. The van der Waals surface area contributed by atoms with Crippen molar-refractivity contribution >= 4 is 11.5 Å². The molecule has 1 atom stereocenters. The molecule has 0 saturated heterocycles. The average molecular weight is 565 g/mol. The monoisotopic (exact) mass is 564 g/mol. The Morgan fingerprint density at radius 2 is 1.79 bits per heavy atom. The molecule has 0 spiro atoms. The van der Waals surface area contributed by atoms with Crippen LogP contribution in [-0.4, -0.2) is 55.1 Å². The molecule has 2 aliphatic rings. The summed E-state index contributed by atoms with van der Waals surface area (Å²) >= 11 is 0. The van der Waals surface area contributed by atoms with E-state index in [0.29, 0.717) is 41.8 Å². The van der Waals surface area contributed by atoms with Gasteiger partial charge in [-0.15, -0.1) is 0 Å². The number of nitriles is 1. The molecule has 1 aliphatic heterocycles. The average Bonchev–Trinajstić information content (AvgIpc) is 3.43. The number of Topliss-reactive ketones (excluding diaryl/α,β-unsaturated/α-hetero) is 1. The van der Waals surface area contributed by atoms with Gasteiger partial charge in [0.15, 0.2) is 0 Å². The van der Waals surface area contributed by atoms with Crippen molar-refractivity contribution in [3.63, 3.8) is 0 Å². The predicted molar refractivity (Wildman–Crippen MR) is 158 cm³/mol. The summed E-state index contributed by atoms with van der Waals surface area (Å²) < 4.78 is 5.04. The zero-order valence-electron chi connectivity index (χ0n) is 24.6. The Balaban J connectivity index is 1.29. The van der Waals surface area contributed by atoms with E-state index < -0.39 is 0 Å². The fourth-order valence-corrected chi connectivity index (χ4v) is 5.92. The first-order valence-corrected chi connectivity index (χ1v) is 14.5. The third kappa shape index (κ3) is 6.56. The van der Waals surface area contributed by atoms with Gasteiger partial charge in [-0.25, -0.2) is 19.9 Å². The van der Waals surface area contributed by atoms with Crippen LogP contribution in [0.5, 0.6) is 6.01 Å². The molecule has 216 valence electrons. The van der Waals surface area contributed by atoms with E-state index in [1.54, 1.807) is 31.0 Å². The number of ketones is 1. The molecule has 10 heteroatoms. The van der Waals surface area contributed by atoms with Crippen molar-refractivity contribution in [2.45, 2.75) is 65.2 Å². The van der Waals surface area contributed by atoms with Gasteiger partial charge in [0.1, 0.15) is 23.4 Å². The first-order valence-electron chi connectivity index (χ1n) is 14.5. The predicted octanol–water partition coefficient (Wildman–Crippen LogP) is 5.10. The van der Waals surface area contributed by atoms with Crippen LogP contribution in [-0.2, 0) is 11.2 Å². The quantitative estimate of drug-likeness (QED) is 0.329. The number of rotatable bonds is 10. The number of carbonyl (C=O) groups excluding carboxylic acids is 1. The Bertz CT molecular complexity index is 1520. The lowest BCUT2D eigenvalue weighted by Crippen LogP contribution is -2.28. The van der Waals surface area contributed by atoms with Crippen molar-refractivity contribution in [3.8, 4) is 23.3 Å². The van der Waals surface area contributed by atoms with Gasteiger partial charge in [0, 0.05) is 43.2 Å². The van der Waals surface area contributed by atoms with E-state index in [2.05, 4.69) is 44.8 Å². The number of hydrogen-bond acceptors (Lipinski definition) is 10. The van der Waals surface area contributed by atoms with E-state index in [1.165, 1.54) is 7.11 Å². The number of aliphatic imine (C=N–C) groups is 1. The maximum absolute atomic E-state index is 13.5. The molecule has 0 radical (unpaired) electrons. The summed E-state index contributed by atoms with van der Waals surface area (Å²) in [5, 5.41) is 9.59. The number of hydrogen-bond donors (Lipinski definition) is 0. The van der Waals surface area contributed by atoms with Crippen LogP contribution in [0.3, 0.4) is 0 Å². The number of aromatic nitrogens is 6. The van der Waals surface area contributed by atoms with Gasteiger partial charge in [0.05, 0.1) is 48.4 Å². The summed E-state index contributed by atoms with van der Waals surface area (Å²) in [4.78, 5) is 45.0. The minimum atomic E-state index is -0.282. The highest BCUT2D eigenvalue weighted by Gasteiger charge is 2.35. The molecule has 0 bridgehead atoms. The number of allylic oxidation sites excluding steroid dienone is 1. The van der Waals surface area contributed by atoms with Crippen LogP contribution in [0, 0.1) is 29.1 Å². The van der Waals surface area contributed by atoms with Crippen LogP contribution < -0.4 is 4.74 Å². The van der Waals surface area contributed by atoms with Crippen LogP contribution in [0.25, 0.3) is 11.3 Å². The lowest BCUT2D eigenvalue weighted by Gasteiger charge is -2.33. The van der Waals surface area contributed by atoms with Gasteiger partial charge in [-0.2, -0.15) is 5.26 Å². The van der Waals surface area contributed by atoms with Crippen LogP contribution in [0.15, 0.2) is 47.6 Å². The second kappa shape index (κ2) is 13.1. The summed E-state index contributed by atoms with van der Waals surface area (Å²) in [6.07, 6.45) is 15.5. The topological polar surface area (TPSA) is 140 Å². The van der Waals surface area contributed by atoms with Gasteiger partial charge in [-0.3, -0.25) is 19.8 Å². The molecule has 5 rings (SSSR count). The third-order valence-electron chi connectivity index (χ3n) is 8.09. The fraction of sp³-hybridized carbons (Fsp3) is 0.469. The van der Waals surface area contributed by atoms with Gasteiger partial charge in [0.2, 0.25) is 0 Å². The largest absolute Gasteiger partial charge is 0.467 e. The van der Waals surface area contributed by atoms with Crippen molar-refractivity contribution in [3.05, 3.63) is 65.4 Å². The van der Waals surface area contributed by atoms with E-state index in [-0.39, 0.29) is 23.5 Å². The summed E-state index contributed by atoms with van der Waals surface area (Å²) in [5.74, 6) is 1.57. The number of carbonyl (C=O) groups is 1. The fourth-order valence-electron chi connectivity index (χ4n) is 5.92. The van der Waals surface area contributed by atoms with Gasteiger partial charge in [-0.1, -0.05) is 19.9 Å². The van der Waals surface area contributed by atoms with Crippen molar-refractivity contribution < 1.29 is 9.53 Å². The Morgan fingerprint density at radius 1 is 1.02 bits per heavy atom. The molecule has 42 heavy (non-hydrogen) atoms. The lowest BCUT2D eigenvalue weighted by molar-refractivity contribution is -0.122. The van der Waals surface area contributed by atoms with Gasteiger partial charge in [0.25, 0.3) is 0 Å². The highest BCUT2D eigenvalue weighted by molar-refractivity contribution is 6.13. The highest BCUT2D eigenvalue weighted by atomic mass is 16.5. The van der Waals surface area contributed by atoms with Crippen LogP contribution in [0.1, 0.15) is 81.6 Å². The molecule has 1 aliphatic carbocycles. The van der Waals surface area contributed by atoms with E-state index in [0.717, 1.165) is 60.5 Å². The molecule has 0 N–H and O–H groups in total. The first kappa shape index (κ1) is 29.1. The highest BCUT2D eigenvalue weighted by Crippen LogP contribution is 2.40. The number of nitrogens with zero attached hydrogens (tertiary/aromatic N) is 8. The molecule has 0 amide bonds. The summed E-state index contributed by atoms with van der Waals surface area (Å²) in [6.45, 7) is 6.77. The maximum Gasteiger partial charge on any atom is 0.316 e. The summed E-state index contributed by atoms with van der Waals surface area (Å²) in [7, 11) is 1.52. The molecule has 3 aromatic rings. The van der Waals surface area contributed by atoms with E-state index in [4.69, 9.17) is 14.7 Å². The summed E-state index contributed by atoms with van der Waals surface area (Å²) in [6, 6.07) is 2.50. The maximum atomic E-state index is 13.5. The normalized spacial score (nSPS) is 19.1. The van der Waals surface area contributed by atoms with Crippen LogP contribution in [0.4, 0.5) is 0 Å². The van der Waals surface area contributed by atoms with Crippen LogP contribution in [0.2, 0.25) is 0 Å². The minimum Gasteiger partial charge on any atom is -0.467 e. The molecular formula is C32H36N8O2. The van der Waals surface area contributed by atoms with E-state index >= 15 is 0 Å². The molecule has 10 nitrogen and oxygen atoms in total. The summed E-state index contributed by atoms with van der Waals surface area (Å²) in [5.41, 5.74) is 5.03. The molecule has 0 aromatic carbocycles. The van der Waals surface area contributed by atoms with Crippen LogP contribution >= 0.6 is 0 Å². The molecule has 1 unspecified atom stereocenters. The lowest BCUT2D eigenvalue weighted by atomic mass is 9.71. The Kier molecular flexibility index (Phi) is 9.06. The second-order valence-corrected chi connectivity index (χ2v) is 11.5.